The standard InChI is InChI=1S/C19H30F4/c1-10(2)12-8-17(20)14(18(21)9-12)5-4-11(3)13-6-15-16(7-13)19(15,22)23/h10-18H,4-9H2,1-3H3. The first-order valence-electron chi connectivity index (χ1n) is 9.37. The Labute approximate surface area is 137 Å². The van der Waals surface area contributed by atoms with E-state index in [1.54, 1.807) is 0 Å². The molecule has 4 heteroatoms. The zero-order valence-corrected chi connectivity index (χ0v) is 14.5. The smallest absolute Gasteiger partial charge is 0.247 e. The lowest BCUT2D eigenvalue weighted by atomic mass is 9.72. The van der Waals surface area contributed by atoms with Crippen LogP contribution in [-0.4, -0.2) is 18.3 Å². The van der Waals surface area contributed by atoms with Crippen molar-refractivity contribution in [2.24, 2.45) is 41.4 Å². The topological polar surface area (TPSA) is 0 Å². The van der Waals surface area contributed by atoms with E-state index in [1.165, 1.54) is 0 Å². The molecular formula is C19H30F4. The number of alkyl halides is 4. The first-order valence-corrected chi connectivity index (χ1v) is 9.37. The van der Waals surface area contributed by atoms with Gasteiger partial charge in [0.1, 0.15) is 12.3 Å². The Balaban J connectivity index is 1.45. The van der Waals surface area contributed by atoms with Gasteiger partial charge in [0.15, 0.2) is 0 Å². The number of hydrogen-bond donors (Lipinski definition) is 0. The van der Waals surface area contributed by atoms with Crippen LogP contribution in [-0.2, 0) is 0 Å². The Hall–Kier alpha value is -0.280. The molecule has 0 aromatic rings. The van der Waals surface area contributed by atoms with E-state index in [-0.39, 0.29) is 5.92 Å². The summed E-state index contributed by atoms with van der Waals surface area (Å²) in [4.78, 5) is 0. The van der Waals surface area contributed by atoms with Crippen LogP contribution in [0.15, 0.2) is 0 Å². The number of hydrogen-bond acceptors (Lipinski definition) is 0. The van der Waals surface area contributed by atoms with E-state index >= 15 is 0 Å². The maximum absolute atomic E-state index is 14.4. The van der Waals surface area contributed by atoms with Crippen molar-refractivity contribution < 1.29 is 17.6 Å². The van der Waals surface area contributed by atoms with Crippen molar-refractivity contribution in [1.82, 2.24) is 0 Å². The Bertz CT molecular complexity index is 396. The molecular weight excluding hydrogens is 304 g/mol. The summed E-state index contributed by atoms with van der Waals surface area (Å²) in [5, 5.41) is 0. The predicted octanol–water partition coefficient (Wildman–Crippen LogP) is 6.05. The molecule has 0 N–H and O–H groups in total. The van der Waals surface area contributed by atoms with E-state index in [0.717, 1.165) is 6.42 Å². The summed E-state index contributed by atoms with van der Waals surface area (Å²) in [6, 6.07) is 0. The number of halogens is 4. The van der Waals surface area contributed by atoms with Crippen LogP contribution in [0, 0.1) is 41.4 Å². The Morgan fingerprint density at radius 1 is 0.870 bits per heavy atom. The highest BCUT2D eigenvalue weighted by Gasteiger charge is 2.71. The summed E-state index contributed by atoms with van der Waals surface area (Å²) in [7, 11) is 0. The zero-order valence-electron chi connectivity index (χ0n) is 14.5. The molecule has 5 unspecified atom stereocenters. The van der Waals surface area contributed by atoms with Gasteiger partial charge in [0, 0.05) is 17.8 Å². The van der Waals surface area contributed by atoms with E-state index < -0.39 is 36.0 Å². The molecule has 0 aromatic carbocycles. The zero-order chi connectivity index (χ0) is 16.9. The fraction of sp³-hybridized carbons (Fsp3) is 1.00. The number of fused-ring (bicyclic) bond motifs is 1. The number of rotatable bonds is 5. The van der Waals surface area contributed by atoms with Gasteiger partial charge in [0.25, 0.3) is 5.92 Å². The molecule has 3 fully saturated rings. The molecule has 3 aliphatic rings. The van der Waals surface area contributed by atoms with Crippen molar-refractivity contribution in [3.05, 3.63) is 0 Å². The van der Waals surface area contributed by atoms with Crippen LogP contribution in [0.1, 0.15) is 59.3 Å². The molecule has 3 saturated carbocycles. The molecule has 0 spiro atoms. The molecule has 0 heterocycles. The van der Waals surface area contributed by atoms with E-state index in [0.29, 0.717) is 49.9 Å². The minimum absolute atomic E-state index is 0.151. The monoisotopic (exact) mass is 334 g/mol. The van der Waals surface area contributed by atoms with Gasteiger partial charge in [-0.05, 0) is 62.2 Å². The summed E-state index contributed by atoms with van der Waals surface area (Å²) in [5.74, 6) is -2.59. The molecule has 0 nitrogen and oxygen atoms in total. The van der Waals surface area contributed by atoms with E-state index in [4.69, 9.17) is 0 Å². The highest BCUT2D eigenvalue weighted by molar-refractivity contribution is 5.11. The lowest BCUT2D eigenvalue weighted by Crippen LogP contribution is -2.37. The average Bonchev–Trinajstić information content (AvgIpc) is 2.85. The van der Waals surface area contributed by atoms with Crippen molar-refractivity contribution in [2.75, 3.05) is 0 Å². The highest BCUT2D eigenvalue weighted by atomic mass is 19.3. The van der Waals surface area contributed by atoms with Crippen molar-refractivity contribution in [2.45, 2.75) is 77.6 Å². The van der Waals surface area contributed by atoms with Crippen molar-refractivity contribution in [1.29, 1.82) is 0 Å². The highest BCUT2D eigenvalue weighted by Crippen LogP contribution is 2.66. The fourth-order valence-corrected chi connectivity index (χ4v) is 5.16. The van der Waals surface area contributed by atoms with Crippen molar-refractivity contribution in [3.63, 3.8) is 0 Å². The summed E-state index contributed by atoms with van der Waals surface area (Å²) < 4.78 is 55.3. The molecule has 0 aromatic heterocycles. The first kappa shape index (κ1) is 17.5. The molecule has 23 heavy (non-hydrogen) atoms. The van der Waals surface area contributed by atoms with Gasteiger partial charge in [0.05, 0.1) is 0 Å². The van der Waals surface area contributed by atoms with E-state index in [1.807, 2.05) is 13.8 Å². The van der Waals surface area contributed by atoms with Gasteiger partial charge < -0.3 is 0 Å². The van der Waals surface area contributed by atoms with Crippen LogP contribution >= 0.6 is 0 Å². The minimum atomic E-state index is -2.42. The van der Waals surface area contributed by atoms with Crippen LogP contribution in [0.5, 0.6) is 0 Å². The molecule has 134 valence electrons. The Morgan fingerprint density at radius 3 is 1.87 bits per heavy atom. The summed E-state index contributed by atoms with van der Waals surface area (Å²) in [6.45, 7) is 6.15. The molecule has 0 bridgehead atoms. The quantitative estimate of drug-likeness (QED) is 0.537. The van der Waals surface area contributed by atoms with Crippen LogP contribution < -0.4 is 0 Å². The maximum atomic E-state index is 14.4. The van der Waals surface area contributed by atoms with Gasteiger partial charge in [-0.1, -0.05) is 20.8 Å². The van der Waals surface area contributed by atoms with Gasteiger partial charge in [-0.25, -0.2) is 17.6 Å². The lowest BCUT2D eigenvalue weighted by molar-refractivity contribution is 0.0200. The van der Waals surface area contributed by atoms with Crippen molar-refractivity contribution in [3.8, 4) is 0 Å². The molecule has 0 saturated heterocycles. The maximum Gasteiger partial charge on any atom is 0.254 e. The predicted molar refractivity (Wildman–Crippen MR) is 83.9 cm³/mol. The van der Waals surface area contributed by atoms with Gasteiger partial charge in [-0.2, -0.15) is 0 Å². The van der Waals surface area contributed by atoms with Crippen LogP contribution in [0.25, 0.3) is 0 Å². The normalized spacial score (nSPS) is 46.7. The van der Waals surface area contributed by atoms with Crippen LogP contribution in [0.4, 0.5) is 17.6 Å². The third-order valence-electron chi connectivity index (χ3n) is 7.17. The SMILES string of the molecule is CC(C)C1CC(F)C(CCC(C)C2CC3C(C2)C3(F)F)C(F)C1. The molecule has 0 radical (unpaired) electrons. The second kappa shape index (κ2) is 6.22. The van der Waals surface area contributed by atoms with Crippen molar-refractivity contribution >= 4 is 0 Å². The fourth-order valence-electron chi connectivity index (χ4n) is 5.16. The van der Waals surface area contributed by atoms with Gasteiger partial charge in [-0.15, -0.1) is 0 Å². The van der Waals surface area contributed by atoms with E-state index in [2.05, 4.69) is 6.92 Å². The third-order valence-corrected chi connectivity index (χ3v) is 7.17. The largest absolute Gasteiger partial charge is 0.254 e. The molecule has 5 atom stereocenters. The molecule has 3 aliphatic carbocycles. The Morgan fingerprint density at radius 2 is 1.39 bits per heavy atom. The van der Waals surface area contributed by atoms with Gasteiger partial charge in [0.2, 0.25) is 0 Å². The summed E-state index contributed by atoms with van der Waals surface area (Å²) in [5.41, 5.74) is 0. The summed E-state index contributed by atoms with van der Waals surface area (Å²) >= 11 is 0. The minimum Gasteiger partial charge on any atom is -0.247 e. The second-order valence-electron chi connectivity index (χ2n) is 8.84. The van der Waals surface area contributed by atoms with Gasteiger partial charge >= 0.3 is 0 Å². The van der Waals surface area contributed by atoms with E-state index in [9.17, 15) is 17.6 Å². The Kier molecular flexibility index (Phi) is 4.74. The molecule has 0 amide bonds. The lowest BCUT2D eigenvalue weighted by Gasteiger charge is -2.37. The first-order chi connectivity index (χ1) is 10.7. The molecule has 3 rings (SSSR count). The van der Waals surface area contributed by atoms with Crippen LogP contribution in [0.2, 0.25) is 0 Å². The summed E-state index contributed by atoms with van der Waals surface area (Å²) in [6.07, 6.45) is 1.44. The second-order valence-corrected chi connectivity index (χ2v) is 8.84. The third kappa shape index (κ3) is 3.28. The molecule has 0 aliphatic heterocycles. The van der Waals surface area contributed by atoms with Gasteiger partial charge in [-0.3, -0.25) is 0 Å². The van der Waals surface area contributed by atoms with Crippen LogP contribution in [0.3, 0.4) is 0 Å². The average molecular weight is 334 g/mol.